The molecule has 3 amide bonds. The number of rotatable bonds is 6. The third-order valence-electron chi connectivity index (χ3n) is 6.83. The van der Waals surface area contributed by atoms with Crippen LogP contribution in [-0.2, 0) is 4.74 Å². The third-order valence-corrected chi connectivity index (χ3v) is 6.83. The molecule has 10 nitrogen and oxygen atoms in total. The number of urea groups is 1. The van der Waals surface area contributed by atoms with Gasteiger partial charge in [0.25, 0.3) is 5.91 Å². The van der Waals surface area contributed by atoms with Crippen LogP contribution in [0.25, 0.3) is 33.6 Å². The number of morpholine rings is 1. The van der Waals surface area contributed by atoms with Crippen molar-refractivity contribution in [3.63, 3.8) is 0 Å². The minimum absolute atomic E-state index is 0.188. The Morgan fingerprint density at radius 1 is 0.829 bits per heavy atom. The lowest BCUT2D eigenvalue weighted by atomic mass is 10.1. The van der Waals surface area contributed by atoms with Crippen molar-refractivity contribution < 1.29 is 18.7 Å². The number of carbonyl (C=O) groups excluding carboxylic acids is 2. The van der Waals surface area contributed by atoms with Gasteiger partial charge in [-0.3, -0.25) is 4.79 Å². The summed E-state index contributed by atoms with van der Waals surface area (Å²) in [5, 5.41) is 9.13. The van der Waals surface area contributed by atoms with Crippen LogP contribution in [0.3, 0.4) is 0 Å². The zero-order chi connectivity index (χ0) is 28.2. The molecule has 0 atom stereocenters. The van der Waals surface area contributed by atoms with Crippen molar-refractivity contribution in [1.82, 2.24) is 15.3 Å². The highest BCUT2D eigenvalue weighted by molar-refractivity contribution is 6.00. The van der Waals surface area contributed by atoms with Gasteiger partial charge in [-0.25, -0.2) is 14.8 Å². The van der Waals surface area contributed by atoms with Crippen LogP contribution in [0.1, 0.15) is 10.4 Å². The Morgan fingerprint density at radius 2 is 1.51 bits per heavy atom. The van der Waals surface area contributed by atoms with Gasteiger partial charge in [0.05, 0.1) is 25.0 Å². The fourth-order valence-electron chi connectivity index (χ4n) is 4.70. The van der Waals surface area contributed by atoms with Crippen molar-refractivity contribution >= 4 is 40.0 Å². The van der Waals surface area contributed by atoms with Crippen molar-refractivity contribution in [2.45, 2.75) is 0 Å². The highest BCUT2D eigenvalue weighted by atomic mass is 16.5. The van der Waals surface area contributed by atoms with Gasteiger partial charge in [-0.1, -0.05) is 6.07 Å². The number of hydrogen-bond donors (Lipinski definition) is 3. The van der Waals surface area contributed by atoms with Gasteiger partial charge in [0.1, 0.15) is 11.6 Å². The van der Waals surface area contributed by atoms with Gasteiger partial charge in [-0.2, -0.15) is 0 Å². The maximum Gasteiger partial charge on any atom is 0.323 e. The number of hydrogen-bond acceptors (Lipinski definition) is 7. The molecule has 1 fully saturated rings. The molecule has 3 aromatic carbocycles. The average Bonchev–Trinajstić information content (AvgIpc) is 3.56. The number of furan rings is 1. The summed E-state index contributed by atoms with van der Waals surface area (Å²) in [7, 11) is 1.57. The molecule has 0 spiro atoms. The standard InChI is InChI=1S/C31H28N6O4/c1-32-30(38)21-6-11-24(12-7-21)34-31(39)33-23-9-4-20(5-10-23)28-35-26-19-22(27-3-2-16-41-27)8-13-25(26)29(36-28)37-14-17-40-18-15-37/h2-13,16,19H,14-15,17-18H2,1H3,(H,32,38)(H2,33,34,39). The maximum absolute atomic E-state index is 12.6. The largest absolute Gasteiger partial charge is 0.464 e. The van der Waals surface area contributed by atoms with Crippen molar-refractivity contribution in [3.05, 3.63) is 90.7 Å². The van der Waals surface area contributed by atoms with Gasteiger partial charge in [0.15, 0.2) is 5.82 Å². The second kappa shape index (κ2) is 11.5. The molecule has 1 saturated heterocycles. The summed E-state index contributed by atoms with van der Waals surface area (Å²) >= 11 is 0. The number of benzene rings is 3. The van der Waals surface area contributed by atoms with E-state index in [-0.39, 0.29) is 5.91 Å². The lowest BCUT2D eigenvalue weighted by Crippen LogP contribution is -2.37. The molecule has 3 heterocycles. The first-order valence-electron chi connectivity index (χ1n) is 13.3. The Morgan fingerprint density at radius 3 is 2.17 bits per heavy atom. The Bertz CT molecular complexity index is 1680. The number of anilines is 3. The fraction of sp³-hybridized carbons (Fsp3) is 0.161. The molecule has 0 aliphatic carbocycles. The van der Waals surface area contributed by atoms with E-state index in [1.807, 2.05) is 54.6 Å². The molecule has 0 saturated carbocycles. The summed E-state index contributed by atoms with van der Waals surface area (Å²) in [5.74, 6) is 2.04. The van der Waals surface area contributed by atoms with E-state index in [1.54, 1.807) is 37.6 Å². The van der Waals surface area contributed by atoms with Gasteiger partial charge in [-0.05, 0) is 72.8 Å². The Hall–Kier alpha value is -5.22. The van der Waals surface area contributed by atoms with Gasteiger partial charge >= 0.3 is 6.03 Å². The van der Waals surface area contributed by atoms with E-state index in [0.29, 0.717) is 36.0 Å². The van der Waals surface area contributed by atoms with Crippen LogP contribution in [0.2, 0.25) is 0 Å². The monoisotopic (exact) mass is 548 g/mol. The first-order chi connectivity index (χ1) is 20.1. The van der Waals surface area contributed by atoms with Gasteiger partial charge in [0.2, 0.25) is 0 Å². The molecule has 10 heteroatoms. The number of amides is 3. The molecular formula is C31H28N6O4. The average molecular weight is 549 g/mol. The van der Waals surface area contributed by atoms with Crippen LogP contribution in [0.5, 0.6) is 0 Å². The number of ether oxygens (including phenoxy) is 1. The van der Waals surface area contributed by atoms with Crippen molar-refractivity contribution in [3.8, 4) is 22.7 Å². The second-order valence-electron chi connectivity index (χ2n) is 9.49. The van der Waals surface area contributed by atoms with E-state index >= 15 is 0 Å². The molecule has 206 valence electrons. The highest BCUT2D eigenvalue weighted by Crippen LogP contribution is 2.32. The Labute approximate surface area is 236 Å². The predicted molar refractivity (Wildman–Crippen MR) is 158 cm³/mol. The smallest absolute Gasteiger partial charge is 0.323 e. The van der Waals surface area contributed by atoms with Crippen LogP contribution in [0.15, 0.2) is 89.5 Å². The van der Waals surface area contributed by atoms with E-state index in [1.165, 1.54) is 0 Å². The van der Waals surface area contributed by atoms with Crippen LogP contribution < -0.4 is 20.9 Å². The SMILES string of the molecule is CNC(=O)c1ccc(NC(=O)Nc2ccc(-c3nc(N4CCOCC4)c4ccc(-c5ccco5)cc4n3)cc2)cc1. The molecule has 3 N–H and O–H groups in total. The summed E-state index contributed by atoms with van der Waals surface area (Å²) in [5.41, 5.74) is 4.27. The van der Waals surface area contributed by atoms with E-state index in [0.717, 1.165) is 46.7 Å². The maximum atomic E-state index is 12.6. The van der Waals surface area contributed by atoms with Crippen molar-refractivity contribution in [2.24, 2.45) is 0 Å². The zero-order valence-corrected chi connectivity index (χ0v) is 22.4. The van der Waals surface area contributed by atoms with E-state index < -0.39 is 6.03 Å². The number of nitrogens with one attached hydrogen (secondary N) is 3. The summed E-state index contributed by atoms with van der Waals surface area (Å²) in [6, 6.07) is 23.5. The first kappa shape index (κ1) is 26.0. The lowest BCUT2D eigenvalue weighted by Gasteiger charge is -2.29. The van der Waals surface area contributed by atoms with E-state index in [9.17, 15) is 9.59 Å². The Kier molecular flexibility index (Phi) is 7.29. The van der Waals surface area contributed by atoms with Crippen LogP contribution in [-0.4, -0.2) is 55.3 Å². The number of carbonyl (C=O) groups is 2. The molecule has 6 rings (SSSR count). The summed E-state index contributed by atoms with van der Waals surface area (Å²) in [6.07, 6.45) is 1.66. The number of nitrogens with zero attached hydrogens (tertiary/aromatic N) is 3. The van der Waals surface area contributed by atoms with E-state index in [2.05, 4.69) is 20.9 Å². The van der Waals surface area contributed by atoms with Gasteiger partial charge < -0.3 is 30.0 Å². The normalized spacial score (nSPS) is 13.1. The molecular weight excluding hydrogens is 520 g/mol. The second-order valence-corrected chi connectivity index (χ2v) is 9.49. The summed E-state index contributed by atoms with van der Waals surface area (Å²) in [6.45, 7) is 2.79. The zero-order valence-electron chi connectivity index (χ0n) is 22.4. The molecule has 41 heavy (non-hydrogen) atoms. The third kappa shape index (κ3) is 5.73. The van der Waals surface area contributed by atoms with E-state index in [4.69, 9.17) is 19.1 Å². The molecule has 2 aromatic heterocycles. The number of fused-ring (bicyclic) bond motifs is 1. The minimum Gasteiger partial charge on any atom is -0.464 e. The quantitative estimate of drug-likeness (QED) is 0.260. The van der Waals surface area contributed by atoms with Gasteiger partial charge in [0, 0.05) is 53.6 Å². The summed E-state index contributed by atoms with van der Waals surface area (Å²) in [4.78, 5) is 36.4. The van der Waals surface area contributed by atoms with Crippen LogP contribution in [0.4, 0.5) is 22.0 Å². The molecule has 0 bridgehead atoms. The summed E-state index contributed by atoms with van der Waals surface area (Å²) < 4.78 is 11.2. The van der Waals surface area contributed by atoms with Crippen molar-refractivity contribution in [2.75, 3.05) is 48.9 Å². The first-order valence-corrected chi connectivity index (χ1v) is 13.3. The Balaban J connectivity index is 1.24. The minimum atomic E-state index is -0.396. The van der Waals surface area contributed by atoms with Gasteiger partial charge in [-0.15, -0.1) is 0 Å². The molecule has 1 aliphatic heterocycles. The van der Waals surface area contributed by atoms with Crippen molar-refractivity contribution in [1.29, 1.82) is 0 Å². The van der Waals surface area contributed by atoms with Crippen LogP contribution >= 0.6 is 0 Å². The predicted octanol–water partition coefficient (Wildman–Crippen LogP) is 5.40. The molecule has 0 radical (unpaired) electrons. The number of aromatic nitrogens is 2. The van der Waals surface area contributed by atoms with Crippen LogP contribution in [0, 0.1) is 0 Å². The lowest BCUT2D eigenvalue weighted by molar-refractivity contribution is 0.0963. The highest BCUT2D eigenvalue weighted by Gasteiger charge is 2.19. The molecule has 1 aliphatic rings. The fourth-order valence-corrected chi connectivity index (χ4v) is 4.70. The molecule has 5 aromatic rings. The molecule has 0 unspecified atom stereocenters. The topological polar surface area (TPSA) is 122 Å².